The van der Waals surface area contributed by atoms with E-state index in [1.165, 1.54) is 22.3 Å². The molecule has 4 nitrogen and oxygen atoms in total. The summed E-state index contributed by atoms with van der Waals surface area (Å²) in [5, 5.41) is 0. The molecular weight excluding hydrogens is 380 g/mol. The molecule has 0 saturated carbocycles. The van der Waals surface area contributed by atoms with E-state index in [4.69, 9.17) is 22.9 Å². The number of aryl methyl sites for hydroxylation is 2. The van der Waals surface area contributed by atoms with E-state index in [1.807, 2.05) is 0 Å². The Balaban J connectivity index is 0.000000316. The maximum Gasteiger partial charge on any atom is 0.0405 e. The SMILES string of the molecule is CC(C)c1cc(C(C)C)c(N)c(C(C)C)c1N.CCc1cc(CC)c(N)c(CC)c1N. The lowest BCUT2D eigenvalue weighted by Gasteiger charge is -2.23. The van der Waals surface area contributed by atoms with Gasteiger partial charge in [0.2, 0.25) is 0 Å². The lowest BCUT2D eigenvalue weighted by atomic mass is 9.86. The Morgan fingerprint density at radius 3 is 1.19 bits per heavy atom. The van der Waals surface area contributed by atoms with Crippen LogP contribution in [0.2, 0.25) is 0 Å². The number of anilines is 4. The Kier molecular flexibility index (Phi) is 9.73. The van der Waals surface area contributed by atoms with Gasteiger partial charge in [0.15, 0.2) is 0 Å². The number of benzene rings is 2. The summed E-state index contributed by atoms with van der Waals surface area (Å²) in [7, 11) is 0. The molecule has 8 N–H and O–H groups in total. The minimum absolute atomic E-state index is 0.367. The Hall–Kier alpha value is -2.36. The fraction of sp³-hybridized carbons (Fsp3) is 0.556. The first kappa shape index (κ1) is 26.7. The molecule has 0 amide bonds. The van der Waals surface area contributed by atoms with Crippen molar-refractivity contribution >= 4 is 22.7 Å². The van der Waals surface area contributed by atoms with Gasteiger partial charge in [-0.15, -0.1) is 0 Å². The van der Waals surface area contributed by atoms with Gasteiger partial charge >= 0.3 is 0 Å². The molecule has 0 aromatic heterocycles. The van der Waals surface area contributed by atoms with Crippen LogP contribution in [0.4, 0.5) is 22.7 Å². The molecule has 0 fully saturated rings. The Morgan fingerprint density at radius 1 is 0.548 bits per heavy atom. The second kappa shape index (κ2) is 11.3. The van der Waals surface area contributed by atoms with Crippen molar-refractivity contribution < 1.29 is 0 Å². The highest BCUT2D eigenvalue weighted by Gasteiger charge is 2.19. The Bertz CT molecular complexity index is 819. The van der Waals surface area contributed by atoms with Crippen LogP contribution in [-0.4, -0.2) is 0 Å². The topological polar surface area (TPSA) is 104 Å². The highest BCUT2D eigenvalue weighted by Crippen LogP contribution is 2.39. The average molecular weight is 427 g/mol. The molecule has 0 saturated heterocycles. The first-order chi connectivity index (χ1) is 14.4. The molecule has 2 rings (SSSR count). The van der Waals surface area contributed by atoms with Crippen molar-refractivity contribution in [3.63, 3.8) is 0 Å². The van der Waals surface area contributed by atoms with Crippen molar-refractivity contribution in [2.24, 2.45) is 0 Å². The van der Waals surface area contributed by atoms with E-state index < -0.39 is 0 Å². The van der Waals surface area contributed by atoms with E-state index in [9.17, 15) is 0 Å². The average Bonchev–Trinajstić information content (AvgIpc) is 2.68. The number of nitrogens with two attached hydrogens (primary N) is 4. The summed E-state index contributed by atoms with van der Waals surface area (Å²) in [5.41, 5.74) is 35.4. The second-order valence-corrected chi connectivity index (χ2v) is 9.32. The third kappa shape index (κ3) is 5.87. The van der Waals surface area contributed by atoms with Crippen molar-refractivity contribution in [3.8, 4) is 0 Å². The molecule has 0 radical (unpaired) electrons. The van der Waals surface area contributed by atoms with Gasteiger partial charge in [0.05, 0.1) is 0 Å². The summed E-state index contributed by atoms with van der Waals surface area (Å²) in [4.78, 5) is 0. The predicted molar refractivity (Wildman–Crippen MR) is 141 cm³/mol. The zero-order valence-electron chi connectivity index (χ0n) is 21.3. The summed E-state index contributed by atoms with van der Waals surface area (Å²) >= 11 is 0. The number of hydrogen-bond acceptors (Lipinski definition) is 4. The molecule has 0 aliphatic rings. The normalized spacial score (nSPS) is 11.2. The lowest BCUT2D eigenvalue weighted by Crippen LogP contribution is -2.10. The van der Waals surface area contributed by atoms with Gasteiger partial charge in [-0.3, -0.25) is 0 Å². The largest absolute Gasteiger partial charge is 0.398 e. The summed E-state index contributed by atoms with van der Waals surface area (Å²) < 4.78 is 0. The molecule has 0 aliphatic carbocycles. The molecule has 2 aromatic rings. The fourth-order valence-electron chi connectivity index (χ4n) is 4.22. The van der Waals surface area contributed by atoms with Gasteiger partial charge in [0.25, 0.3) is 0 Å². The van der Waals surface area contributed by atoms with Crippen LogP contribution >= 0.6 is 0 Å². The van der Waals surface area contributed by atoms with Crippen molar-refractivity contribution in [2.45, 2.75) is 99.3 Å². The van der Waals surface area contributed by atoms with Crippen LogP contribution in [-0.2, 0) is 19.3 Å². The van der Waals surface area contributed by atoms with Gasteiger partial charge in [0, 0.05) is 28.3 Å². The summed E-state index contributed by atoms with van der Waals surface area (Å²) in [6.45, 7) is 19.4. The zero-order chi connectivity index (χ0) is 24.0. The molecule has 174 valence electrons. The van der Waals surface area contributed by atoms with E-state index in [1.54, 1.807) is 0 Å². The van der Waals surface area contributed by atoms with Crippen LogP contribution in [0.25, 0.3) is 0 Å². The number of nitrogen functional groups attached to an aromatic ring is 4. The molecule has 31 heavy (non-hydrogen) atoms. The first-order valence-electron chi connectivity index (χ1n) is 11.8. The van der Waals surface area contributed by atoms with Gasteiger partial charge < -0.3 is 22.9 Å². The molecular formula is C27H46N4. The van der Waals surface area contributed by atoms with Gasteiger partial charge in [-0.2, -0.15) is 0 Å². The first-order valence-corrected chi connectivity index (χ1v) is 11.8. The molecule has 0 heterocycles. The van der Waals surface area contributed by atoms with Gasteiger partial charge in [-0.25, -0.2) is 0 Å². The highest BCUT2D eigenvalue weighted by atomic mass is 14.7. The number of hydrogen-bond donors (Lipinski definition) is 4. The molecule has 0 unspecified atom stereocenters. The van der Waals surface area contributed by atoms with Crippen molar-refractivity contribution in [2.75, 3.05) is 22.9 Å². The van der Waals surface area contributed by atoms with Crippen LogP contribution in [0.3, 0.4) is 0 Å². The minimum Gasteiger partial charge on any atom is -0.398 e. The van der Waals surface area contributed by atoms with E-state index in [2.05, 4.69) is 74.4 Å². The lowest BCUT2D eigenvalue weighted by molar-refractivity contribution is 0.813. The van der Waals surface area contributed by atoms with Gasteiger partial charge in [0.1, 0.15) is 0 Å². The van der Waals surface area contributed by atoms with E-state index in [-0.39, 0.29) is 0 Å². The van der Waals surface area contributed by atoms with Crippen LogP contribution in [0.5, 0.6) is 0 Å². The minimum atomic E-state index is 0.367. The predicted octanol–water partition coefficient (Wildman–Crippen LogP) is 6.76. The summed E-state index contributed by atoms with van der Waals surface area (Å²) in [6, 6.07) is 4.33. The number of rotatable bonds is 6. The van der Waals surface area contributed by atoms with Crippen LogP contribution in [0.1, 0.15) is 113 Å². The van der Waals surface area contributed by atoms with Crippen LogP contribution in [0.15, 0.2) is 12.1 Å². The maximum absolute atomic E-state index is 6.28. The Morgan fingerprint density at radius 2 is 0.935 bits per heavy atom. The molecule has 0 spiro atoms. The summed E-state index contributed by atoms with van der Waals surface area (Å²) in [6.07, 6.45) is 2.87. The van der Waals surface area contributed by atoms with Crippen LogP contribution in [0, 0.1) is 0 Å². The van der Waals surface area contributed by atoms with E-state index in [0.717, 1.165) is 53.1 Å². The second-order valence-electron chi connectivity index (χ2n) is 9.32. The monoisotopic (exact) mass is 426 g/mol. The smallest absolute Gasteiger partial charge is 0.0405 e. The fourth-order valence-corrected chi connectivity index (χ4v) is 4.22. The summed E-state index contributed by atoms with van der Waals surface area (Å²) in [5.74, 6) is 1.24. The van der Waals surface area contributed by atoms with Crippen LogP contribution < -0.4 is 22.9 Å². The van der Waals surface area contributed by atoms with Crippen molar-refractivity contribution in [1.82, 2.24) is 0 Å². The van der Waals surface area contributed by atoms with E-state index in [0.29, 0.717) is 17.8 Å². The third-order valence-corrected chi connectivity index (χ3v) is 6.14. The quantitative estimate of drug-likeness (QED) is 0.383. The van der Waals surface area contributed by atoms with Gasteiger partial charge in [-0.05, 0) is 64.8 Å². The Labute approximate surface area is 190 Å². The zero-order valence-corrected chi connectivity index (χ0v) is 21.3. The molecule has 4 heteroatoms. The molecule has 2 aromatic carbocycles. The standard InChI is InChI=1S/C15H26N2.C12H20N2/c1-8(2)11-7-12(9(3)4)15(17)13(10(5)6)14(11)16;1-4-8-7-9(5-2)12(14)10(6-3)11(8)13/h7-10H,16-17H2,1-6H3;7H,4-6,13-14H2,1-3H3. The third-order valence-electron chi connectivity index (χ3n) is 6.14. The van der Waals surface area contributed by atoms with Crippen molar-refractivity contribution in [1.29, 1.82) is 0 Å². The molecule has 0 bridgehead atoms. The molecule has 0 atom stereocenters. The van der Waals surface area contributed by atoms with E-state index >= 15 is 0 Å². The highest BCUT2D eigenvalue weighted by molar-refractivity contribution is 5.71. The molecule has 0 aliphatic heterocycles. The van der Waals surface area contributed by atoms with Crippen molar-refractivity contribution in [3.05, 3.63) is 45.5 Å². The van der Waals surface area contributed by atoms with Gasteiger partial charge in [-0.1, -0.05) is 74.4 Å². The maximum atomic E-state index is 6.28.